The van der Waals surface area contributed by atoms with Crippen LogP contribution in [0, 0.1) is 20.7 Å². The Kier molecular flexibility index (Phi) is 3.13. The Morgan fingerprint density at radius 1 is 1.50 bits per heavy atom. The predicted octanol–water partition coefficient (Wildman–Crippen LogP) is 2.11. The molecule has 0 aliphatic heterocycles. The molecule has 0 aliphatic rings. The van der Waals surface area contributed by atoms with Gasteiger partial charge in [-0.05, 0) is 22.6 Å². The first-order valence-electron chi connectivity index (χ1n) is 4.79. The molecule has 0 atom stereocenters. The van der Waals surface area contributed by atoms with Crippen molar-refractivity contribution in [1.29, 1.82) is 5.26 Å². The van der Waals surface area contributed by atoms with Crippen molar-refractivity contribution in [3.8, 4) is 28.8 Å². The lowest BCUT2D eigenvalue weighted by atomic mass is 10.0. The van der Waals surface area contributed by atoms with Gasteiger partial charge in [0.1, 0.15) is 17.4 Å². The van der Waals surface area contributed by atoms with Crippen LogP contribution in [-0.4, -0.2) is 20.0 Å². The van der Waals surface area contributed by atoms with E-state index in [-0.39, 0.29) is 11.1 Å². The van der Waals surface area contributed by atoms with Crippen molar-refractivity contribution in [1.82, 2.24) is 9.78 Å². The smallest absolute Gasteiger partial charge is 0.176 e. The second-order valence-electron chi connectivity index (χ2n) is 3.55. The Hall–Kier alpha value is -1.82. The summed E-state index contributed by atoms with van der Waals surface area (Å²) in [6, 6.07) is 2.47. The Balaban J connectivity index is 2.89. The number of rotatable bonds is 1. The highest BCUT2D eigenvalue weighted by Gasteiger charge is 2.23. The van der Waals surface area contributed by atoms with E-state index in [4.69, 9.17) is 5.26 Å². The lowest BCUT2D eigenvalue weighted by Crippen LogP contribution is -1.99. The first-order valence-corrected chi connectivity index (χ1v) is 5.87. The molecule has 18 heavy (non-hydrogen) atoms. The van der Waals surface area contributed by atoms with Crippen molar-refractivity contribution >= 4 is 22.6 Å². The minimum Gasteiger partial charge on any atom is -0.504 e. The molecule has 0 amide bonds. The number of nitriles is 1. The number of phenolic OH excluding ortho intramolecular Hbond substituents is 2. The topological polar surface area (TPSA) is 82.1 Å². The lowest BCUT2D eigenvalue weighted by molar-refractivity contribution is 0.399. The number of aryl methyl sites for hydroxylation is 1. The third-order valence-corrected chi connectivity index (χ3v) is 3.26. The molecule has 1 heterocycles. The van der Waals surface area contributed by atoms with Crippen molar-refractivity contribution in [2.24, 2.45) is 7.05 Å². The van der Waals surface area contributed by atoms with Gasteiger partial charge in [0, 0.05) is 13.1 Å². The molecule has 0 aliphatic carbocycles. The molecule has 7 heteroatoms. The largest absolute Gasteiger partial charge is 0.504 e. The summed E-state index contributed by atoms with van der Waals surface area (Å²) in [6.07, 6.45) is 1.51. The van der Waals surface area contributed by atoms with Gasteiger partial charge in [0.05, 0.1) is 21.0 Å². The molecule has 0 bridgehead atoms. The molecule has 0 saturated carbocycles. The van der Waals surface area contributed by atoms with Gasteiger partial charge < -0.3 is 10.2 Å². The third kappa shape index (κ3) is 1.78. The van der Waals surface area contributed by atoms with Crippen LogP contribution in [0.5, 0.6) is 11.5 Å². The highest BCUT2D eigenvalue weighted by atomic mass is 127. The Morgan fingerprint density at radius 3 is 2.67 bits per heavy atom. The Labute approximate surface area is 115 Å². The van der Waals surface area contributed by atoms with Gasteiger partial charge in [-0.2, -0.15) is 10.4 Å². The lowest BCUT2D eigenvalue weighted by Gasteiger charge is -2.10. The Bertz CT molecular complexity index is 656. The minimum atomic E-state index is -0.789. The SMILES string of the molecule is Cn1ncc(I)c1-c1c(F)cc(O)c(O)c1C#N. The van der Waals surface area contributed by atoms with Gasteiger partial charge in [0.25, 0.3) is 0 Å². The second-order valence-corrected chi connectivity index (χ2v) is 4.71. The molecule has 2 rings (SSSR count). The van der Waals surface area contributed by atoms with Crippen molar-refractivity contribution in [3.63, 3.8) is 0 Å². The van der Waals surface area contributed by atoms with E-state index in [0.29, 0.717) is 9.26 Å². The second kappa shape index (κ2) is 4.45. The fraction of sp³-hybridized carbons (Fsp3) is 0.0909. The van der Waals surface area contributed by atoms with Crippen LogP contribution < -0.4 is 0 Å². The highest BCUT2D eigenvalue weighted by molar-refractivity contribution is 14.1. The zero-order valence-corrected chi connectivity index (χ0v) is 11.3. The number of benzene rings is 1. The molecule has 0 fully saturated rings. The predicted molar refractivity (Wildman–Crippen MR) is 69.4 cm³/mol. The maximum atomic E-state index is 13.9. The van der Waals surface area contributed by atoms with E-state index in [9.17, 15) is 14.6 Å². The summed E-state index contributed by atoms with van der Waals surface area (Å²) in [5.41, 5.74) is -0.00818. The maximum absolute atomic E-state index is 13.9. The molecule has 0 radical (unpaired) electrons. The molecule has 92 valence electrons. The summed E-state index contributed by atoms with van der Waals surface area (Å²) >= 11 is 1.95. The summed E-state index contributed by atoms with van der Waals surface area (Å²) < 4.78 is 16.0. The monoisotopic (exact) mass is 359 g/mol. The molecule has 0 spiro atoms. The van der Waals surface area contributed by atoms with Crippen molar-refractivity contribution in [2.45, 2.75) is 0 Å². The summed E-state index contributed by atoms with van der Waals surface area (Å²) in [6.45, 7) is 0. The zero-order chi connectivity index (χ0) is 13.4. The van der Waals surface area contributed by atoms with Crippen LogP contribution in [0.3, 0.4) is 0 Å². The fourth-order valence-electron chi connectivity index (χ4n) is 1.66. The number of phenols is 2. The molecule has 2 N–H and O–H groups in total. The van der Waals surface area contributed by atoms with Gasteiger partial charge in [-0.3, -0.25) is 4.68 Å². The van der Waals surface area contributed by atoms with Gasteiger partial charge in [-0.15, -0.1) is 0 Å². The number of nitrogens with zero attached hydrogens (tertiary/aromatic N) is 3. The van der Waals surface area contributed by atoms with E-state index in [2.05, 4.69) is 5.10 Å². The average molecular weight is 359 g/mol. The molecule has 5 nitrogen and oxygen atoms in total. The van der Waals surface area contributed by atoms with E-state index in [1.54, 1.807) is 13.1 Å². The van der Waals surface area contributed by atoms with E-state index in [1.165, 1.54) is 10.9 Å². The first kappa shape index (κ1) is 12.6. The molecular weight excluding hydrogens is 352 g/mol. The van der Waals surface area contributed by atoms with Gasteiger partial charge in [-0.25, -0.2) is 4.39 Å². The summed E-state index contributed by atoms with van der Waals surface area (Å²) in [7, 11) is 1.60. The standard InChI is InChI=1S/C11H7FIN3O2/c1-16-10(7(13)4-15-16)9-5(3-14)11(18)8(17)2-6(9)12/h2,4,17-18H,1H3. The van der Waals surface area contributed by atoms with Crippen LogP contribution in [0.1, 0.15) is 5.56 Å². The van der Waals surface area contributed by atoms with Crippen molar-refractivity contribution in [2.75, 3.05) is 0 Å². The normalized spacial score (nSPS) is 10.3. The molecule has 0 saturated heterocycles. The molecular formula is C11H7FIN3O2. The van der Waals surface area contributed by atoms with Crippen LogP contribution in [0.25, 0.3) is 11.3 Å². The molecule has 0 unspecified atom stereocenters. The number of aromatic hydroxyl groups is 2. The van der Waals surface area contributed by atoms with E-state index < -0.39 is 17.3 Å². The van der Waals surface area contributed by atoms with Crippen LogP contribution in [0.2, 0.25) is 0 Å². The number of hydrogen-bond donors (Lipinski definition) is 2. The Morgan fingerprint density at radius 2 is 2.17 bits per heavy atom. The number of aromatic nitrogens is 2. The third-order valence-electron chi connectivity index (χ3n) is 2.47. The maximum Gasteiger partial charge on any atom is 0.176 e. The van der Waals surface area contributed by atoms with Crippen molar-refractivity contribution < 1.29 is 14.6 Å². The van der Waals surface area contributed by atoms with E-state index in [0.717, 1.165) is 6.07 Å². The molecule has 1 aromatic heterocycles. The number of hydrogen-bond acceptors (Lipinski definition) is 4. The fourth-order valence-corrected chi connectivity index (χ4v) is 2.40. The number of halogens is 2. The summed E-state index contributed by atoms with van der Waals surface area (Å²) in [5, 5.41) is 31.9. The van der Waals surface area contributed by atoms with E-state index >= 15 is 0 Å². The summed E-state index contributed by atoms with van der Waals surface area (Å²) in [5.74, 6) is -2.08. The van der Waals surface area contributed by atoms with Gasteiger partial charge in [0.15, 0.2) is 11.5 Å². The summed E-state index contributed by atoms with van der Waals surface area (Å²) in [4.78, 5) is 0. The zero-order valence-electron chi connectivity index (χ0n) is 9.15. The average Bonchev–Trinajstić information content (AvgIpc) is 2.64. The minimum absolute atomic E-state index is 0.0720. The van der Waals surface area contributed by atoms with Gasteiger partial charge in [-0.1, -0.05) is 0 Å². The van der Waals surface area contributed by atoms with Crippen molar-refractivity contribution in [3.05, 3.63) is 27.2 Å². The van der Waals surface area contributed by atoms with Gasteiger partial charge >= 0.3 is 0 Å². The highest BCUT2D eigenvalue weighted by Crippen LogP contribution is 2.39. The van der Waals surface area contributed by atoms with E-state index in [1.807, 2.05) is 22.6 Å². The van der Waals surface area contributed by atoms with Crippen LogP contribution in [0.15, 0.2) is 12.3 Å². The van der Waals surface area contributed by atoms with Gasteiger partial charge in [0.2, 0.25) is 0 Å². The van der Waals surface area contributed by atoms with Crippen LogP contribution >= 0.6 is 22.6 Å². The quantitative estimate of drug-likeness (QED) is 0.604. The molecule has 2 aromatic rings. The first-order chi connectivity index (χ1) is 8.47. The molecule has 1 aromatic carbocycles. The van der Waals surface area contributed by atoms with Crippen LogP contribution in [0.4, 0.5) is 4.39 Å². The van der Waals surface area contributed by atoms with Crippen LogP contribution in [-0.2, 0) is 7.05 Å².